The molecule has 0 unspecified atom stereocenters. The summed E-state index contributed by atoms with van der Waals surface area (Å²) in [6.45, 7) is 1.08. The molecule has 0 bridgehead atoms. The highest BCUT2D eigenvalue weighted by molar-refractivity contribution is 7.17. The van der Waals surface area contributed by atoms with E-state index >= 15 is 0 Å². The number of carbonyl (C=O) groups excluding carboxylic acids is 1. The minimum absolute atomic E-state index is 0.0358. The molecule has 10 heteroatoms. The van der Waals surface area contributed by atoms with E-state index in [4.69, 9.17) is 22.1 Å². The van der Waals surface area contributed by atoms with Gasteiger partial charge in [0.2, 0.25) is 0 Å². The Morgan fingerprint density at radius 1 is 1.56 bits per heavy atom. The van der Waals surface area contributed by atoms with Gasteiger partial charge in [-0.25, -0.2) is 18.8 Å². The molecule has 6 nitrogen and oxygen atoms in total. The maximum atomic E-state index is 14.4. The van der Waals surface area contributed by atoms with E-state index in [0.717, 1.165) is 17.4 Å². The Bertz CT molecular complexity index is 860. The molecule has 132 valence electrons. The van der Waals surface area contributed by atoms with Crippen molar-refractivity contribution in [1.29, 1.82) is 0 Å². The van der Waals surface area contributed by atoms with Crippen LogP contribution < -0.4 is 11.1 Å². The SMILES string of the molecule is C[C@]1(c2cc(NC(=O)c3cnc(Cl)s3)ccc2F)N=C(N)OC[C@@H]1F. The number of aliphatic imine (C=N–C) groups is 1. The summed E-state index contributed by atoms with van der Waals surface area (Å²) in [7, 11) is 0. The van der Waals surface area contributed by atoms with E-state index in [1.54, 1.807) is 0 Å². The third-order valence-electron chi connectivity index (χ3n) is 3.80. The Labute approximate surface area is 150 Å². The predicted molar refractivity (Wildman–Crippen MR) is 91.3 cm³/mol. The standard InChI is InChI=1S/C15H13ClF2N4O2S/c1-15(11(18)6-24-14(19)22-15)8-4-7(2-3-9(8)17)21-12(23)10-5-20-13(16)25-10/h2-5,11H,6H2,1H3,(H2,19,22)(H,21,23)/t11-,15+/m0/s1. The molecule has 0 saturated heterocycles. The van der Waals surface area contributed by atoms with Crippen LogP contribution in [0.15, 0.2) is 29.4 Å². The first kappa shape index (κ1) is 17.6. The number of amidine groups is 1. The topological polar surface area (TPSA) is 89.6 Å². The molecule has 25 heavy (non-hydrogen) atoms. The Kier molecular flexibility index (Phi) is 4.61. The number of nitrogens with zero attached hydrogens (tertiary/aromatic N) is 2. The summed E-state index contributed by atoms with van der Waals surface area (Å²) in [6, 6.07) is 3.60. The largest absolute Gasteiger partial charge is 0.462 e. The van der Waals surface area contributed by atoms with Crippen LogP contribution >= 0.6 is 22.9 Å². The number of anilines is 1. The summed E-state index contributed by atoms with van der Waals surface area (Å²) in [5, 5.41) is 2.59. The summed E-state index contributed by atoms with van der Waals surface area (Å²) in [5.41, 5.74) is 4.19. The molecule has 0 fully saturated rings. The first-order valence-corrected chi connectivity index (χ1v) is 8.34. The Balaban J connectivity index is 1.93. The van der Waals surface area contributed by atoms with Crippen LogP contribution in [0.25, 0.3) is 0 Å². The fourth-order valence-electron chi connectivity index (χ4n) is 2.42. The van der Waals surface area contributed by atoms with Gasteiger partial charge in [-0.1, -0.05) is 22.9 Å². The van der Waals surface area contributed by atoms with E-state index in [9.17, 15) is 13.6 Å². The van der Waals surface area contributed by atoms with Gasteiger partial charge in [0.1, 0.15) is 22.8 Å². The molecule has 1 aliphatic rings. The number of halogens is 3. The van der Waals surface area contributed by atoms with Crippen LogP contribution in [0.3, 0.4) is 0 Å². The van der Waals surface area contributed by atoms with Crippen LogP contribution in [-0.2, 0) is 10.3 Å². The number of hydrogen-bond donors (Lipinski definition) is 2. The van der Waals surface area contributed by atoms with Crippen molar-refractivity contribution < 1.29 is 18.3 Å². The van der Waals surface area contributed by atoms with Crippen molar-refractivity contribution in [2.45, 2.75) is 18.6 Å². The number of thiazole rings is 1. The molecule has 2 heterocycles. The van der Waals surface area contributed by atoms with Crippen LogP contribution in [0.1, 0.15) is 22.2 Å². The zero-order valence-electron chi connectivity index (χ0n) is 12.9. The minimum atomic E-state index is -1.60. The fourth-order valence-corrected chi connectivity index (χ4v) is 3.26. The van der Waals surface area contributed by atoms with Crippen molar-refractivity contribution in [2.24, 2.45) is 10.7 Å². The van der Waals surface area contributed by atoms with Gasteiger partial charge in [0.05, 0.1) is 6.20 Å². The van der Waals surface area contributed by atoms with Gasteiger partial charge in [-0.15, -0.1) is 0 Å². The minimum Gasteiger partial charge on any atom is -0.462 e. The first-order chi connectivity index (χ1) is 11.8. The third kappa shape index (κ3) is 3.42. The molecule has 2 atom stereocenters. The first-order valence-electron chi connectivity index (χ1n) is 7.14. The number of aromatic nitrogens is 1. The van der Waals surface area contributed by atoms with Crippen molar-refractivity contribution in [3.8, 4) is 0 Å². The second kappa shape index (κ2) is 6.57. The van der Waals surface area contributed by atoms with Crippen LogP contribution in [0.4, 0.5) is 14.5 Å². The summed E-state index contributed by atoms with van der Waals surface area (Å²) in [4.78, 5) is 20.2. The number of benzene rings is 1. The predicted octanol–water partition coefficient (Wildman–Crippen LogP) is 3.09. The molecule has 1 aromatic heterocycles. The number of rotatable bonds is 3. The highest BCUT2D eigenvalue weighted by atomic mass is 35.5. The maximum absolute atomic E-state index is 14.4. The van der Waals surface area contributed by atoms with Gasteiger partial charge < -0.3 is 15.8 Å². The molecule has 1 aromatic carbocycles. The average molecular weight is 387 g/mol. The fraction of sp³-hybridized carbons (Fsp3) is 0.267. The van der Waals surface area contributed by atoms with E-state index in [-0.39, 0.29) is 28.3 Å². The molecule has 3 N–H and O–H groups in total. The second-order valence-electron chi connectivity index (χ2n) is 5.50. The number of carbonyl (C=O) groups is 1. The molecule has 2 aromatic rings. The van der Waals surface area contributed by atoms with Crippen LogP contribution in [0.2, 0.25) is 4.47 Å². The van der Waals surface area contributed by atoms with Gasteiger partial charge in [0.15, 0.2) is 10.6 Å². The van der Waals surface area contributed by atoms with Crippen LogP contribution in [-0.4, -0.2) is 29.7 Å². The smallest absolute Gasteiger partial charge is 0.283 e. The van der Waals surface area contributed by atoms with E-state index in [0.29, 0.717) is 4.88 Å². The normalized spacial score (nSPS) is 22.9. The van der Waals surface area contributed by atoms with E-state index < -0.39 is 23.4 Å². The lowest BCUT2D eigenvalue weighted by Gasteiger charge is -2.33. The van der Waals surface area contributed by atoms with Crippen molar-refractivity contribution in [1.82, 2.24) is 4.98 Å². The molecular weight excluding hydrogens is 374 g/mol. The number of amides is 1. The zero-order chi connectivity index (χ0) is 18.2. The summed E-state index contributed by atoms with van der Waals surface area (Å²) < 4.78 is 33.7. The maximum Gasteiger partial charge on any atom is 0.283 e. The van der Waals surface area contributed by atoms with E-state index in [1.807, 2.05) is 0 Å². The molecule has 1 amide bonds. The Morgan fingerprint density at radius 2 is 2.32 bits per heavy atom. The number of hydrogen-bond acceptors (Lipinski definition) is 6. The monoisotopic (exact) mass is 386 g/mol. The molecule has 3 rings (SSSR count). The van der Waals surface area contributed by atoms with Gasteiger partial charge in [-0.05, 0) is 25.1 Å². The molecule has 0 radical (unpaired) electrons. The van der Waals surface area contributed by atoms with E-state index in [1.165, 1.54) is 25.3 Å². The van der Waals surface area contributed by atoms with E-state index in [2.05, 4.69) is 15.3 Å². The van der Waals surface area contributed by atoms with Gasteiger partial charge in [-0.3, -0.25) is 4.79 Å². The number of ether oxygens (including phenoxy) is 1. The zero-order valence-corrected chi connectivity index (χ0v) is 14.5. The van der Waals surface area contributed by atoms with Crippen molar-refractivity contribution in [3.05, 3.63) is 45.1 Å². The molecule has 0 aliphatic carbocycles. The summed E-state index contributed by atoms with van der Waals surface area (Å²) in [5.74, 6) is -1.12. The van der Waals surface area contributed by atoms with Gasteiger partial charge in [0.25, 0.3) is 11.9 Å². The Hall–Kier alpha value is -2.26. The van der Waals surface area contributed by atoms with Crippen LogP contribution in [0, 0.1) is 5.82 Å². The lowest BCUT2D eigenvalue weighted by atomic mass is 9.86. The van der Waals surface area contributed by atoms with Gasteiger partial charge in [0, 0.05) is 11.3 Å². The quantitative estimate of drug-likeness (QED) is 0.848. The molecular formula is C15H13ClF2N4O2S. The number of alkyl halides is 1. The number of nitrogens with one attached hydrogen (secondary N) is 1. The van der Waals surface area contributed by atoms with Crippen molar-refractivity contribution in [3.63, 3.8) is 0 Å². The van der Waals surface area contributed by atoms with Crippen LogP contribution in [0.5, 0.6) is 0 Å². The summed E-state index contributed by atoms with van der Waals surface area (Å²) in [6.07, 6.45) is -0.268. The lowest BCUT2D eigenvalue weighted by Crippen LogP contribution is -2.43. The summed E-state index contributed by atoms with van der Waals surface area (Å²) >= 11 is 6.70. The van der Waals surface area contributed by atoms with Gasteiger partial charge in [-0.2, -0.15) is 0 Å². The highest BCUT2D eigenvalue weighted by Gasteiger charge is 2.42. The lowest BCUT2D eigenvalue weighted by molar-refractivity contribution is 0.0923. The van der Waals surface area contributed by atoms with Gasteiger partial charge >= 0.3 is 0 Å². The highest BCUT2D eigenvalue weighted by Crippen LogP contribution is 2.37. The average Bonchev–Trinajstić information content (AvgIpc) is 2.99. The second-order valence-corrected chi connectivity index (χ2v) is 7.12. The Morgan fingerprint density at radius 3 is 3.00 bits per heavy atom. The molecule has 1 aliphatic heterocycles. The molecule has 0 spiro atoms. The number of nitrogens with two attached hydrogens (primary N) is 1. The third-order valence-corrected chi connectivity index (χ3v) is 4.91. The molecule has 0 saturated carbocycles. The van der Waals surface area contributed by atoms with Crippen molar-refractivity contribution in [2.75, 3.05) is 11.9 Å². The van der Waals surface area contributed by atoms with Crippen molar-refractivity contribution >= 4 is 40.6 Å².